The van der Waals surface area contributed by atoms with Gasteiger partial charge in [0.05, 0.1) is 10.0 Å². The van der Waals surface area contributed by atoms with Gasteiger partial charge in [-0.3, -0.25) is 4.79 Å². The van der Waals surface area contributed by atoms with Crippen LogP contribution in [0.15, 0.2) is 53.0 Å². The number of rotatable bonds is 5. The van der Waals surface area contributed by atoms with Crippen LogP contribution < -0.4 is 0 Å². The van der Waals surface area contributed by atoms with E-state index in [-0.39, 0.29) is 10.4 Å². The summed E-state index contributed by atoms with van der Waals surface area (Å²) in [5.41, 5.74) is 1.61. The highest BCUT2D eigenvalue weighted by atomic mass is 79.9. The summed E-state index contributed by atoms with van der Waals surface area (Å²) in [4.78, 5) is 13.9. The van der Waals surface area contributed by atoms with E-state index in [2.05, 4.69) is 28.1 Å². The first-order valence-corrected chi connectivity index (χ1v) is 7.62. The van der Waals surface area contributed by atoms with Crippen molar-refractivity contribution in [2.45, 2.75) is 12.8 Å². The van der Waals surface area contributed by atoms with Crippen LogP contribution in [0.3, 0.4) is 0 Å². The van der Waals surface area contributed by atoms with Crippen molar-refractivity contribution in [3.8, 4) is 0 Å². The van der Waals surface area contributed by atoms with Crippen LogP contribution in [-0.4, -0.2) is 24.4 Å². The fourth-order valence-electron chi connectivity index (χ4n) is 2.14. The van der Waals surface area contributed by atoms with E-state index in [0.717, 1.165) is 12.8 Å². The van der Waals surface area contributed by atoms with Gasteiger partial charge in [-0.1, -0.05) is 36.4 Å². The molecule has 0 N–H and O–H groups in total. The number of carbonyl (C=O) groups excluding carboxylic acids is 1. The van der Waals surface area contributed by atoms with Crippen LogP contribution in [0.5, 0.6) is 0 Å². The van der Waals surface area contributed by atoms with Crippen LogP contribution in [-0.2, 0) is 6.42 Å². The highest BCUT2D eigenvalue weighted by Gasteiger charge is 2.16. The second-order valence-corrected chi connectivity index (χ2v) is 5.71. The third-order valence-corrected chi connectivity index (χ3v) is 4.14. The third kappa shape index (κ3) is 4.14. The first-order valence-electron chi connectivity index (χ1n) is 6.83. The molecule has 0 atom stereocenters. The molecule has 110 valence electrons. The average molecular weight is 350 g/mol. The topological polar surface area (TPSA) is 20.3 Å². The van der Waals surface area contributed by atoms with Crippen LogP contribution in [0.2, 0.25) is 0 Å². The van der Waals surface area contributed by atoms with Gasteiger partial charge in [-0.05, 0) is 46.5 Å². The molecule has 1 amide bonds. The Labute approximate surface area is 132 Å². The van der Waals surface area contributed by atoms with Crippen LogP contribution in [0.25, 0.3) is 0 Å². The van der Waals surface area contributed by atoms with E-state index in [4.69, 9.17) is 0 Å². The predicted molar refractivity (Wildman–Crippen MR) is 85.8 cm³/mol. The number of carbonyl (C=O) groups is 1. The molecule has 0 aliphatic heterocycles. The SMILES string of the molecule is CN(CCCc1ccccc1)C(=O)c1cccc(F)c1Br. The molecule has 4 heteroatoms. The summed E-state index contributed by atoms with van der Waals surface area (Å²) in [5, 5.41) is 0. The molecule has 0 spiro atoms. The van der Waals surface area contributed by atoms with E-state index in [1.807, 2.05) is 18.2 Å². The van der Waals surface area contributed by atoms with Crippen molar-refractivity contribution in [3.05, 3.63) is 69.9 Å². The summed E-state index contributed by atoms with van der Waals surface area (Å²) in [6.07, 6.45) is 1.79. The van der Waals surface area contributed by atoms with Crippen molar-refractivity contribution in [3.63, 3.8) is 0 Å². The maximum atomic E-state index is 13.5. The molecule has 0 radical (unpaired) electrons. The monoisotopic (exact) mass is 349 g/mol. The zero-order chi connectivity index (χ0) is 15.2. The van der Waals surface area contributed by atoms with E-state index < -0.39 is 5.82 Å². The summed E-state index contributed by atoms with van der Waals surface area (Å²) in [6.45, 7) is 0.636. The van der Waals surface area contributed by atoms with Gasteiger partial charge in [0.2, 0.25) is 0 Å². The Morgan fingerprint density at radius 3 is 2.57 bits per heavy atom. The molecule has 0 aliphatic rings. The highest BCUT2D eigenvalue weighted by molar-refractivity contribution is 9.10. The van der Waals surface area contributed by atoms with Crippen molar-refractivity contribution in [1.82, 2.24) is 4.90 Å². The molecule has 0 heterocycles. The molecule has 2 aromatic rings. The number of amides is 1. The predicted octanol–water partition coefficient (Wildman–Crippen LogP) is 4.29. The maximum Gasteiger partial charge on any atom is 0.254 e. The molecular weight excluding hydrogens is 333 g/mol. The molecule has 0 bridgehead atoms. The fourth-order valence-corrected chi connectivity index (χ4v) is 2.58. The zero-order valence-electron chi connectivity index (χ0n) is 11.9. The van der Waals surface area contributed by atoms with E-state index in [0.29, 0.717) is 12.1 Å². The minimum atomic E-state index is -0.418. The Morgan fingerprint density at radius 1 is 1.14 bits per heavy atom. The van der Waals surface area contributed by atoms with Gasteiger partial charge in [-0.2, -0.15) is 0 Å². The molecule has 0 saturated carbocycles. The quantitative estimate of drug-likeness (QED) is 0.788. The Morgan fingerprint density at radius 2 is 1.86 bits per heavy atom. The number of nitrogens with zero attached hydrogens (tertiary/aromatic N) is 1. The minimum Gasteiger partial charge on any atom is -0.342 e. The zero-order valence-corrected chi connectivity index (χ0v) is 13.4. The van der Waals surface area contributed by atoms with Crippen molar-refractivity contribution in [1.29, 1.82) is 0 Å². The number of benzene rings is 2. The van der Waals surface area contributed by atoms with Crippen molar-refractivity contribution in [2.24, 2.45) is 0 Å². The second kappa shape index (κ2) is 7.36. The molecule has 2 rings (SSSR count). The normalized spacial score (nSPS) is 10.4. The Kier molecular flexibility index (Phi) is 5.51. The van der Waals surface area contributed by atoms with Crippen molar-refractivity contribution >= 4 is 21.8 Å². The molecule has 0 aliphatic carbocycles. The second-order valence-electron chi connectivity index (χ2n) is 4.92. The number of halogens is 2. The number of hydrogen-bond acceptors (Lipinski definition) is 1. The minimum absolute atomic E-state index is 0.172. The van der Waals surface area contributed by atoms with Crippen molar-refractivity contribution in [2.75, 3.05) is 13.6 Å². The first kappa shape index (κ1) is 15.7. The highest BCUT2D eigenvalue weighted by Crippen LogP contribution is 2.21. The Bertz CT molecular complexity index is 615. The first-order chi connectivity index (χ1) is 10.1. The van der Waals surface area contributed by atoms with Crippen LogP contribution >= 0.6 is 15.9 Å². The lowest BCUT2D eigenvalue weighted by Crippen LogP contribution is -2.28. The molecule has 0 aromatic heterocycles. The fraction of sp³-hybridized carbons (Fsp3) is 0.235. The van der Waals surface area contributed by atoms with Gasteiger partial charge in [-0.15, -0.1) is 0 Å². The smallest absolute Gasteiger partial charge is 0.254 e. The van der Waals surface area contributed by atoms with E-state index >= 15 is 0 Å². The summed E-state index contributed by atoms with van der Waals surface area (Å²) >= 11 is 3.13. The van der Waals surface area contributed by atoms with E-state index in [9.17, 15) is 9.18 Å². The number of hydrogen-bond donors (Lipinski definition) is 0. The molecule has 2 nitrogen and oxygen atoms in total. The van der Waals surface area contributed by atoms with Gasteiger partial charge in [0.15, 0.2) is 0 Å². The van der Waals surface area contributed by atoms with Crippen LogP contribution in [0, 0.1) is 5.82 Å². The van der Waals surface area contributed by atoms with E-state index in [1.165, 1.54) is 11.6 Å². The van der Waals surface area contributed by atoms with Crippen LogP contribution in [0.4, 0.5) is 4.39 Å². The summed E-state index contributed by atoms with van der Waals surface area (Å²) in [7, 11) is 1.74. The van der Waals surface area contributed by atoms with Gasteiger partial charge in [0.1, 0.15) is 5.82 Å². The summed E-state index contributed by atoms with van der Waals surface area (Å²) < 4.78 is 13.7. The molecule has 0 unspecified atom stereocenters. The molecule has 21 heavy (non-hydrogen) atoms. The van der Waals surface area contributed by atoms with Gasteiger partial charge in [0.25, 0.3) is 5.91 Å². The lowest BCUT2D eigenvalue weighted by atomic mass is 10.1. The molecule has 2 aromatic carbocycles. The van der Waals surface area contributed by atoms with E-state index in [1.54, 1.807) is 24.1 Å². The summed E-state index contributed by atoms with van der Waals surface area (Å²) in [5.74, 6) is -0.590. The standard InChI is InChI=1S/C17H17BrFNO/c1-20(12-6-9-13-7-3-2-4-8-13)17(21)14-10-5-11-15(19)16(14)18/h2-5,7-8,10-11H,6,9,12H2,1H3. The largest absolute Gasteiger partial charge is 0.342 e. The lowest BCUT2D eigenvalue weighted by Gasteiger charge is -2.18. The molecule has 0 saturated heterocycles. The van der Waals surface area contributed by atoms with Gasteiger partial charge < -0.3 is 4.90 Å². The Balaban J connectivity index is 1.92. The van der Waals surface area contributed by atoms with Gasteiger partial charge >= 0.3 is 0 Å². The summed E-state index contributed by atoms with van der Waals surface area (Å²) in [6, 6.07) is 14.7. The molecular formula is C17H17BrFNO. The average Bonchev–Trinajstić information content (AvgIpc) is 2.50. The van der Waals surface area contributed by atoms with Gasteiger partial charge in [-0.25, -0.2) is 4.39 Å². The molecule has 0 fully saturated rings. The van der Waals surface area contributed by atoms with Crippen LogP contribution in [0.1, 0.15) is 22.3 Å². The maximum absolute atomic E-state index is 13.5. The van der Waals surface area contributed by atoms with Gasteiger partial charge in [0, 0.05) is 13.6 Å². The third-order valence-electron chi connectivity index (χ3n) is 3.33. The lowest BCUT2D eigenvalue weighted by molar-refractivity contribution is 0.0792. The Hall–Kier alpha value is -1.68. The van der Waals surface area contributed by atoms with Crippen molar-refractivity contribution < 1.29 is 9.18 Å². The number of aryl methyl sites for hydroxylation is 1.